The van der Waals surface area contributed by atoms with Gasteiger partial charge in [0.2, 0.25) is 0 Å². The SMILES string of the molecule is CNC(c1ccc(OC)cc1C)C1CCOC1C. The van der Waals surface area contributed by atoms with E-state index in [1.54, 1.807) is 7.11 Å². The highest BCUT2D eigenvalue weighted by atomic mass is 16.5. The van der Waals surface area contributed by atoms with Crippen molar-refractivity contribution in [2.75, 3.05) is 20.8 Å². The number of nitrogens with one attached hydrogen (secondary N) is 1. The van der Waals surface area contributed by atoms with Gasteiger partial charge in [0.05, 0.1) is 13.2 Å². The number of hydrogen-bond donors (Lipinski definition) is 1. The van der Waals surface area contributed by atoms with Gasteiger partial charge in [-0.15, -0.1) is 0 Å². The third-order valence-corrected chi connectivity index (χ3v) is 3.99. The number of rotatable bonds is 4. The Morgan fingerprint density at radius 3 is 2.72 bits per heavy atom. The Balaban J connectivity index is 2.27. The molecule has 18 heavy (non-hydrogen) atoms. The molecule has 1 aromatic carbocycles. The maximum absolute atomic E-state index is 5.69. The van der Waals surface area contributed by atoms with Gasteiger partial charge in [-0.05, 0) is 50.6 Å². The maximum Gasteiger partial charge on any atom is 0.119 e. The quantitative estimate of drug-likeness (QED) is 0.890. The van der Waals surface area contributed by atoms with E-state index in [9.17, 15) is 0 Å². The van der Waals surface area contributed by atoms with E-state index in [4.69, 9.17) is 9.47 Å². The molecule has 1 aliphatic heterocycles. The lowest BCUT2D eigenvalue weighted by Crippen LogP contribution is -2.30. The summed E-state index contributed by atoms with van der Waals surface area (Å²) in [4.78, 5) is 0. The van der Waals surface area contributed by atoms with Crippen LogP contribution in [0.2, 0.25) is 0 Å². The van der Waals surface area contributed by atoms with Crippen LogP contribution in [0.25, 0.3) is 0 Å². The Morgan fingerprint density at radius 1 is 1.44 bits per heavy atom. The Morgan fingerprint density at radius 2 is 2.22 bits per heavy atom. The Hall–Kier alpha value is -1.06. The molecule has 1 heterocycles. The van der Waals surface area contributed by atoms with E-state index in [0.717, 1.165) is 18.8 Å². The molecule has 0 bridgehead atoms. The van der Waals surface area contributed by atoms with Crippen LogP contribution in [0.15, 0.2) is 18.2 Å². The van der Waals surface area contributed by atoms with E-state index in [1.165, 1.54) is 11.1 Å². The summed E-state index contributed by atoms with van der Waals surface area (Å²) < 4.78 is 11.0. The van der Waals surface area contributed by atoms with Crippen molar-refractivity contribution in [2.24, 2.45) is 5.92 Å². The zero-order valence-corrected chi connectivity index (χ0v) is 11.7. The van der Waals surface area contributed by atoms with Gasteiger partial charge in [0.15, 0.2) is 0 Å². The summed E-state index contributed by atoms with van der Waals surface area (Å²) in [6, 6.07) is 6.65. The highest BCUT2D eigenvalue weighted by molar-refractivity contribution is 5.37. The fourth-order valence-corrected chi connectivity index (χ4v) is 2.91. The molecule has 3 nitrogen and oxygen atoms in total. The van der Waals surface area contributed by atoms with Gasteiger partial charge in [0.25, 0.3) is 0 Å². The fraction of sp³-hybridized carbons (Fsp3) is 0.600. The van der Waals surface area contributed by atoms with Gasteiger partial charge in [-0.3, -0.25) is 0 Å². The second kappa shape index (κ2) is 5.72. The molecule has 0 amide bonds. The first-order valence-electron chi connectivity index (χ1n) is 6.60. The molecule has 1 N–H and O–H groups in total. The highest BCUT2D eigenvalue weighted by Crippen LogP contribution is 2.35. The minimum absolute atomic E-state index is 0.323. The first-order valence-corrected chi connectivity index (χ1v) is 6.60. The lowest BCUT2D eigenvalue weighted by atomic mass is 9.86. The zero-order chi connectivity index (χ0) is 13.1. The van der Waals surface area contributed by atoms with Crippen molar-refractivity contribution in [1.82, 2.24) is 5.32 Å². The Bertz CT molecular complexity index is 405. The van der Waals surface area contributed by atoms with E-state index in [1.807, 2.05) is 13.1 Å². The third-order valence-electron chi connectivity index (χ3n) is 3.99. The van der Waals surface area contributed by atoms with Gasteiger partial charge >= 0.3 is 0 Å². The lowest BCUT2D eigenvalue weighted by Gasteiger charge is -2.27. The van der Waals surface area contributed by atoms with E-state index < -0.39 is 0 Å². The van der Waals surface area contributed by atoms with Crippen molar-refractivity contribution >= 4 is 0 Å². The molecule has 1 aromatic rings. The van der Waals surface area contributed by atoms with Crippen LogP contribution in [0.5, 0.6) is 5.75 Å². The van der Waals surface area contributed by atoms with Crippen molar-refractivity contribution in [2.45, 2.75) is 32.4 Å². The minimum Gasteiger partial charge on any atom is -0.497 e. The van der Waals surface area contributed by atoms with Gasteiger partial charge in [-0.1, -0.05) is 6.07 Å². The number of methoxy groups -OCH3 is 1. The first kappa shape index (κ1) is 13.4. The second-order valence-corrected chi connectivity index (χ2v) is 5.02. The number of benzene rings is 1. The molecular formula is C15H23NO2. The summed E-state index contributed by atoms with van der Waals surface area (Å²) in [7, 11) is 3.73. The van der Waals surface area contributed by atoms with Gasteiger partial charge in [-0.25, -0.2) is 0 Å². The molecule has 2 rings (SSSR count). The molecule has 1 fully saturated rings. The monoisotopic (exact) mass is 249 g/mol. The number of hydrogen-bond acceptors (Lipinski definition) is 3. The predicted octanol–water partition coefficient (Wildman–Crippen LogP) is 2.69. The average molecular weight is 249 g/mol. The summed E-state index contributed by atoms with van der Waals surface area (Å²) in [5.41, 5.74) is 2.62. The van der Waals surface area contributed by atoms with Crippen LogP contribution in [-0.4, -0.2) is 26.9 Å². The molecule has 0 radical (unpaired) electrons. The van der Waals surface area contributed by atoms with E-state index >= 15 is 0 Å². The summed E-state index contributed by atoms with van der Waals surface area (Å²) in [5, 5.41) is 3.45. The summed E-state index contributed by atoms with van der Waals surface area (Å²) in [5.74, 6) is 1.46. The fourth-order valence-electron chi connectivity index (χ4n) is 2.91. The normalized spacial score (nSPS) is 25.1. The topological polar surface area (TPSA) is 30.5 Å². The number of aryl methyl sites for hydroxylation is 1. The van der Waals surface area contributed by atoms with Gasteiger partial charge in [0, 0.05) is 18.6 Å². The molecule has 0 aromatic heterocycles. The highest BCUT2D eigenvalue weighted by Gasteiger charge is 2.32. The van der Waals surface area contributed by atoms with Crippen LogP contribution in [-0.2, 0) is 4.74 Å². The van der Waals surface area contributed by atoms with Crippen molar-refractivity contribution < 1.29 is 9.47 Å². The molecule has 1 saturated heterocycles. The third kappa shape index (κ3) is 2.52. The van der Waals surface area contributed by atoms with Crippen molar-refractivity contribution in [3.05, 3.63) is 29.3 Å². The largest absolute Gasteiger partial charge is 0.497 e. The number of ether oxygens (including phenoxy) is 2. The van der Waals surface area contributed by atoms with E-state index in [2.05, 4.69) is 31.3 Å². The van der Waals surface area contributed by atoms with Crippen LogP contribution in [0.4, 0.5) is 0 Å². The molecule has 0 spiro atoms. The van der Waals surface area contributed by atoms with Gasteiger partial charge < -0.3 is 14.8 Å². The second-order valence-electron chi connectivity index (χ2n) is 5.02. The molecule has 0 aliphatic carbocycles. The van der Waals surface area contributed by atoms with Crippen LogP contribution in [0.1, 0.15) is 30.5 Å². The van der Waals surface area contributed by atoms with Crippen LogP contribution in [0, 0.1) is 12.8 Å². The van der Waals surface area contributed by atoms with Crippen LogP contribution >= 0.6 is 0 Å². The van der Waals surface area contributed by atoms with Crippen molar-refractivity contribution in [1.29, 1.82) is 0 Å². The molecule has 1 aliphatic rings. The standard InChI is InChI=1S/C15H23NO2/c1-10-9-12(17-4)5-6-13(10)15(16-3)14-7-8-18-11(14)2/h5-6,9,11,14-16H,7-8H2,1-4H3. The zero-order valence-electron chi connectivity index (χ0n) is 11.7. The Kier molecular flexibility index (Phi) is 4.25. The molecule has 3 unspecified atom stereocenters. The van der Waals surface area contributed by atoms with E-state index in [0.29, 0.717) is 18.1 Å². The van der Waals surface area contributed by atoms with E-state index in [-0.39, 0.29) is 0 Å². The minimum atomic E-state index is 0.323. The first-order chi connectivity index (χ1) is 8.67. The molecule has 3 heteroatoms. The van der Waals surface area contributed by atoms with Crippen LogP contribution < -0.4 is 10.1 Å². The average Bonchev–Trinajstić information content (AvgIpc) is 2.78. The summed E-state index contributed by atoms with van der Waals surface area (Å²) in [6.07, 6.45) is 1.45. The lowest BCUT2D eigenvalue weighted by molar-refractivity contribution is 0.0962. The Labute approximate surface area is 109 Å². The molecule has 3 atom stereocenters. The molecular weight excluding hydrogens is 226 g/mol. The summed E-state index contributed by atoms with van der Waals surface area (Å²) in [6.45, 7) is 5.18. The van der Waals surface area contributed by atoms with Crippen LogP contribution in [0.3, 0.4) is 0 Å². The molecule has 0 saturated carbocycles. The van der Waals surface area contributed by atoms with Crippen molar-refractivity contribution in [3.8, 4) is 5.75 Å². The van der Waals surface area contributed by atoms with Gasteiger partial charge in [-0.2, -0.15) is 0 Å². The predicted molar refractivity (Wildman–Crippen MR) is 73.1 cm³/mol. The smallest absolute Gasteiger partial charge is 0.119 e. The van der Waals surface area contributed by atoms with Gasteiger partial charge in [0.1, 0.15) is 5.75 Å². The maximum atomic E-state index is 5.69. The molecule has 100 valence electrons. The van der Waals surface area contributed by atoms with Crippen molar-refractivity contribution in [3.63, 3.8) is 0 Å². The summed E-state index contributed by atoms with van der Waals surface area (Å²) >= 11 is 0.